The summed E-state index contributed by atoms with van der Waals surface area (Å²) >= 11 is 8.01. The smallest absolute Gasteiger partial charge is 0.0795 e. The van der Waals surface area contributed by atoms with Crippen LogP contribution < -0.4 is 10.2 Å². The summed E-state index contributed by atoms with van der Waals surface area (Å²) in [6.45, 7) is 7.01. The molecular weight excluding hydrogens is 302 g/mol. The molecule has 1 N–H and O–H groups in total. The summed E-state index contributed by atoms with van der Waals surface area (Å²) < 4.78 is 0. The van der Waals surface area contributed by atoms with E-state index in [4.69, 9.17) is 11.6 Å². The van der Waals surface area contributed by atoms with E-state index in [0.29, 0.717) is 5.92 Å². The van der Waals surface area contributed by atoms with Crippen LogP contribution >= 0.6 is 22.9 Å². The molecule has 0 unspecified atom stereocenters. The number of rotatable bonds is 7. The maximum Gasteiger partial charge on any atom is 0.0795 e. The molecule has 0 saturated carbocycles. The monoisotopic (exact) mass is 323 g/mol. The van der Waals surface area contributed by atoms with Crippen molar-refractivity contribution in [3.8, 4) is 0 Å². The largest absolute Gasteiger partial charge is 0.369 e. The Morgan fingerprint density at radius 3 is 2.81 bits per heavy atom. The van der Waals surface area contributed by atoms with Gasteiger partial charge in [-0.3, -0.25) is 0 Å². The van der Waals surface area contributed by atoms with Crippen molar-refractivity contribution in [2.45, 2.75) is 26.9 Å². The molecule has 0 aliphatic carbocycles. The normalized spacial score (nSPS) is 11.1. The zero-order chi connectivity index (χ0) is 15.2. The Balaban J connectivity index is 1.97. The number of aromatic nitrogens is 1. The Morgan fingerprint density at radius 1 is 1.38 bits per heavy atom. The predicted molar refractivity (Wildman–Crippen MR) is 92.2 cm³/mol. The molecule has 0 fully saturated rings. The summed E-state index contributed by atoms with van der Waals surface area (Å²) in [5, 5.41) is 6.31. The van der Waals surface area contributed by atoms with E-state index in [-0.39, 0.29) is 0 Å². The van der Waals surface area contributed by atoms with Gasteiger partial charge in [0, 0.05) is 29.7 Å². The highest BCUT2D eigenvalue weighted by Crippen LogP contribution is 2.24. The average molecular weight is 324 g/mol. The minimum atomic E-state index is 0.646. The fourth-order valence-electron chi connectivity index (χ4n) is 2.06. The summed E-state index contributed by atoms with van der Waals surface area (Å²) in [7, 11) is 2.06. The second-order valence-corrected chi connectivity index (χ2v) is 6.76. The van der Waals surface area contributed by atoms with E-state index in [2.05, 4.69) is 53.6 Å². The van der Waals surface area contributed by atoms with Crippen LogP contribution in [-0.2, 0) is 13.1 Å². The van der Waals surface area contributed by atoms with E-state index in [0.717, 1.165) is 41.6 Å². The van der Waals surface area contributed by atoms with Gasteiger partial charge in [0.05, 0.1) is 17.7 Å². The summed E-state index contributed by atoms with van der Waals surface area (Å²) in [6.07, 6.45) is 0. The summed E-state index contributed by atoms with van der Waals surface area (Å²) in [5.41, 5.74) is 5.20. The first-order chi connectivity index (χ1) is 10.1. The molecule has 0 radical (unpaired) electrons. The van der Waals surface area contributed by atoms with Crippen LogP contribution in [0.15, 0.2) is 29.1 Å². The molecule has 3 nitrogen and oxygen atoms in total. The topological polar surface area (TPSA) is 28.2 Å². The summed E-state index contributed by atoms with van der Waals surface area (Å²) in [4.78, 5) is 6.47. The van der Waals surface area contributed by atoms with Gasteiger partial charge in [0.1, 0.15) is 0 Å². The molecule has 2 aromatic rings. The Kier molecular flexibility index (Phi) is 6.03. The molecule has 0 saturated heterocycles. The van der Waals surface area contributed by atoms with Crippen molar-refractivity contribution in [1.82, 2.24) is 10.3 Å². The molecule has 114 valence electrons. The van der Waals surface area contributed by atoms with Crippen molar-refractivity contribution < 1.29 is 0 Å². The first kappa shape index (κ1) is 16.3. The van der Waals surface area contributed by atoms with Gasteiger partial charge in [-0.2, -0.15) is 0 Å². The number of nitrogens with zero attached hydrogens (tertiary/aromatic N) is 2. The van der Waals surface area contributed by atoms with Crippen molar-refractivity contribution >= 4 is 28.6 Å². The lowest BCUT2D eigenvalue weighted by Gasteiger charge is -2.19. The molecular formula is C16H22ClN3S. The van der Waals surface area contributed by atoms with Gasteiger partial charge in [0.15, 0.2) is 0 Å². The molecule has 0 atom stereocenters. The van der Waals surface area contributed by atoms with E-state index in [1.165, 1.54) is 0 Å². The van der Waals surface area contributed by atoms with Crippen molar-refractivity contribution in [2.75, 3.05) is 18.5 Å². The van der Waals surface area contributed by atoms with Gasteiger partial charge in [-0.1, -0.05) is 31.5 Å². The van der Waals surface area contributed by atoms with Gasteiger partial charge in [0.25, 0.3) is 0 Å². The Hall–Kier alpha value is -1.10. The van der Waals surface area contributed by atoms with E-state index in [1.54, 1.807) is 11.3 Å². The second kappa shape index (κ2) is 7.78. The molecule has 0 spiro atoms. The molecule has 1 heterocycles. The van der Waals surface area contributed by atoms with Crippen molar-refractivity contribution in [2.24, 2.45) is 5.92 Å². The van der Waals surface area contributed by atoms with E-state index >= 15 is 0 Å². The highest BCUT2D eigenvalue weighted by molar-refractivity contribution is 7.07. The maximum absolute atomic E-state index is 6.39. The third kappa shape index (κ3) is 4.99. The average Bonchev–Trinajstić information content (AvgIpc) is 2.93. The first-order valence-corrected chi connectivity index (χ1v) is 8.45. The minimum Gasteiger partial charge on any atom is -0.369 e. The number of anilines is 1. The molecule has 1 aromatic carbocycles. The molecule has 21 heavy (non-hydrogen) atoms. The molecule has 0 amide bonds. The van der Waals surface area contributed by atoms with E-state index in [1.807, 2.05) is 11.6 Å². The Morgan fingerprint density at radius 2 is 2.19 bits per heavy atom. The highest BCUT2D eigenvalue weighted by atomic mass is 35.5. The molecule has 5 heteroatoms. The number of hydrogen-bond acceptors (Lipinski definition) is 4. The van der Waals surface area contributed by atoms with Crippen LogP contribution in [-0.4, -0.2) is 18.6 Å². The van der Waals surface area contributed by atoms with Gasteiger partial charge in [0.2, 0.25) is 0 Å². The SMILES string of the molecule is CC(C)CNCc1ccc(N(C)Cc2cscn2)cc1Cl. The highest BCUT2D eigenvalue weighted by Gasteiger charge is 2.07. The van der Waals surface area contributed by atoms with Crippen molar-refractivity contribution in [3.63, 3.8) is 0 Å². The first-order valence-electron chi connectivity index (χ1n) is 7.13. The zero-order valence-electron chi connectivity index (χ0n) is 12.8. The summed E-state index contributed by atoms with van der Waals surface area (Å²) in [6, 6.07) is 6.24. The summed E-state index contributed by atoms with van der Waals surface area (Å²) in [5.74, 6) is 0.646. The quantitative estimate of drug-likeness (QED) is 0.828. The second-order valence-electron chi connectivity index (χ2n) is 5.64. The van der Waals surface area contributed by atoms with Gasteiger partial charge < -0.3 is 10.2 Å². The minimum absolute atomic E-state index is 0.646. The van der Waals surface area contributed by atoms with Gasteiger partial charge in [-0.15, -0.1) is 11.3 Å². The van der Waals surface area contributed by atoms with Crippen LogP contribution in [0.1, 0.15) is 25.1 Å². The number of halogens is 1. The lowest BCUT2D eigenvalue weighted by molar-refractivity contribution is 0.552. The molecule has 0 aliphatic rings. The van der Waals surface area contributed by atoms with Crippen LogP contribution in [0.2, 0.25) is 5.02 Å². The third-order valence-corrected chi connectivity index (χ3v) is 4.22. The standard InChI is InChI=1S/C16H22ClN3S/c1-12(2)7-18-8-13-4-5-15(6-16(13)17)20(3)9-14-10-21-11-19-14/h4-6,10-12,18H,7-9H2,1-3H3. The molecule has 2 rings (SSSR count). The van der Waals surface area contributed by atoms with Gasteiger partial charge in [-0.05, 0) is 30.2 Å². The zero-order valence-corrected chi connectivity index (χ0v) is 14.3. The maximum atomic E-state index is 6.39. The molecule has 0 aliphatic heterocycles. The molecule has 0 bridgehead atoms. The number of thiazole rings is 1. The van der Waals surface area contributed by atoms with Crippen LogP contribution in [0.5, 0.6) is 0 Å². The lowest BCUT2D eigenvalue weighted by Crippen LogP contribution is -2.19. The number of hydrogen-bond donors (Lipinski definition) is 1. The fraction of sp³-hybridized carbons (Fsp3) is 0.438. The number of benzene rings is 1. The number of nitrogens with one attached hydrogen (secondary N) is 1. The molecule has 1 aromatic heterocycles. The van der Waals surface area contributed by atoms with Crippen molar-refractivity contribution in [1.29, 1.82) is 0 Å². The van der Waals surface area contributed by atoms with Gasteiger partial charge in [-0.25, -0.2) is 4.98 Å². The predicted octanol–water partition coefficient (Wildman–Crippen LogP) is 4.18. The van der Waals surface area contributed by atoms with E-state index < -0.39 is 0 Å². The fourth-order valence-corrected chi connectivity index (χ4v) is 2.85. The van der Waals surface area contributed by atoms with Crippen LogP contribution in [0, 0.1) is 5.92 Å². The van der Waals surface area contributed by atoms with Crippen LogP contribution in [0.3, 0.4) is 0 Å². The Bertz CT molecular complexity index is 555. The van der Waals surface area contributed by atoms with E-state index in [9.17, 15) is 0 Å². The lowest BCUT2D eigenvalue weighted by atomic mass is 10.1. The van der Waals surface area contributed by atoms with Crippen LogP contribution in [0.4, 0.5) is 5.69 Å². The Labute approximate surface area is 136 Å². The third-order valence-electron chi connectivity index (χ3n) is 3.23. The van der Waals surface area contributed by atoms with Crippen LogP contribution in [0.25, 0.3) is 0 Å². The van der Waals surface area contributed by atoms with Crippen molar-refractivity contribution in [3.05, 3.63) is 45.4 Å². The van der Waals surface area contributed by atoms with Gasteiger partial charge >= 0.3 is 0 Å².